The third kappa shape index (κ3) is 4.62. The number of methoxy groups -OCH3 is 1. The van der Waals surface area contributed by atoms with E-state index in [9.17, 15) is 12.8 Å². The van der Waals surface area contributed by atoms with E-state index in [0.717, 1.165) is 12.6 Å². The van der Waals surface area contributed by atoms with E-state index < -0.39 is 16.0 Å². The summed E-state index contributed by atoms with van der Waals surface area (Å²) in [4.78, 5) is 0. The van der Waals surface area contributed by atoms with Crippen molar-refractivity contribution in [3.8, 4) is 5.75 Å². The molecule has 0 aliphatic heterocycles. The fourth-order valence-corrected chi connectivity index (χ4v) is 2.50. The highest BCUT2D eigenvalue weighted by atomic mass is 32.2. The number of ether oxygens (including phenoxy) is 1. The smallest absolute Gasteiger partial charge is 0.301 e. The minimum absolute atomic E-state index is 0.0111. The Morgan fingerprint density at radius 3 is 2.70 bits per heavy atom. The lowest BCUT2D eigenvalue weighted by molar-refractivity contribution is 0.387. The molecule has 114 valence electrons. The fraction of sp³-hybridized carbons (Fsp3) is 0.500. The van der Waals surface area contributed by atoms with Crippen LogP contribution in [0.25, 0.3) is 0 Å². The molecule has 1 aromatic rings. The monoisotopic (exact) mass is 305 g/mol. The summed E-state index contributed by atoms with van der Waals surface area (Å²) < 4.78 is 45.7. The first kappa shape index (κ1) is 16.7. The van der Waals surface area contributed by atoms with Gasteiger partial charge in [0.25, 0.3) is 0 Å². The summed E-state index contributed by atoms with van der Waals surface area (Å²) in [7, 11) is 0.954. The third-order valence-electron chi connectivity index (χ3n) is 2.71. The van der Waals surface area contributed by atoms with Gasteiger partial charge in [-0.3, -0.25) is 4.72 Å². The summed E-state index contributed by atoms with van der Waals surface area (Å²) in [6.45, 7) is 1.11. The molecule has 20 heavy (non-hydrogen) atoms. The Balaban J connectivity index is 2.75. The Labute approximate surface area is 119 Å². The standard InChI is InChI=1S/C12H20FN3O3S/c1-14-7-4-8-16(2)20(17,18)15-10-5-6-11(13)12(9-10)19-3/h5-6,9,14-15H,4,7-8H2,1-3H3. The predicted octanol–water partition coefficient (Wildman–Crippen LogP) is 1.03. The molecular formula is C12H20FN3O3S. The van der Waals surface area contributed by atoms with Crippen LogP contribution in [0, 0.1) is 5.82 Å². The Kier molecular flexibility index (Phi) is 6.18. The van der Waals surface area contributed by atoms with Crippen LogP contribution in [0.5, 0.6) is 5.75 Å². The van der Waals surface area contributed by atoms with Gasteiger partial charge in [0.05, 0.1) is 12.8 Å². The van der Waals surface area contributed by atoms with E-state index in [1.54, 1.807) is 7.05 Å². The van der Waals surface area contributed by atoms with Gasteiger partial charge in [0.15, 0.2) is 11.6 Å². The molecule has 1 rings (SSSR count). The maximum atomic E-state index is 13.2. The second kappa shape index (κ2) is 7.41. The van der Waals surface area contributed by atoms with Crippen molar-refractivity contribution in [2.45, 2.75) is 6.42 Å². The second-order valence-electron chi connectivity index (χ2n) is 4.24. The molecular weight excluding hydrogens is 285 g/mol. The lowest BCUT2D eigenvalue weighted by Crippen LogP contribution is -2.34. The van der Waals surface area contributed by atoms with Gasteiger partial charge in [-0.05, 0) is 32.1 Å². The highest BCUT2D eigenvalue weighted by Crippen LogP contribution is 2.22. The van der Waals surface area contributed by atoms with E-state index in [-0.39, 0.29) is 11.4 Å². The van der Waals surface area contributed by atoms with Gasteiger partial charge in [0.1, 0.15) is 0 Å². The van der Waals surface area contributed by atoms with Gasteiger partial charge in [-0.15, -0.1) is 0 Å². The van der Waals surface area contributed by atoms with Gasteiger partial charge in [-0.2, -0.15) is 12.7 Å². The molecule has 0 saturated carbocycles. The average Bonchev–Trinajstić information content (AvgIpc) is 2.40. The van der Waals surface area contributed by atoms with Crippen LogP contribution in [0.15, 0.2) is 18.2 Å². The van der Waals surface area contributed by atoms with Gasteiger partial charge >= 0.3 is 10.2 Å². The molecule has 0 spiro atoms. The van der Waals surface area contributed by atoms with Crippen LogP contribution in [-0.4, -0.2) is 47.0 Å². The van der Waals surface area contributed by atoms with E-state index in [1.807, 2.05) is 0 Å². The van der Waals surface area contributed by atoms with Gasteiger partial charge in [-0.25, -0.2) is 4.39 Å². The van der Waals surface area contributed by atoms with Crippen molar-refractivity contribution in [3.05, 3.63) is 24.0 Å². The molecule has 1 aromatic carbocycles. The summed E-state index contributed by atoms with van der Waals surface area (Å²) >= 11 is 0. The highest BCUT2D eigenvalue weighted by Gasteiger charge is 2.17. The maximum absolute atomic E-state index is 13.2. The van der Waals surface area contributed by atoms with E-state index in [0.29, 0.717) is 13.0 Å². The third-order valence-corrected chi connectivity index (χ3v) is 4.20. The second-order valence-corrected chi connectivity index (χ2v) is 6.01. The zero-order valence-corrected chi connectivity index (χ0v) is 12.6. The number of halogens is 1. The SMILES string of the molecule is CNCCCN(C)S(=O)(=O)Nc1ccc(F)c(OC)c1. The Bertz CT molecular complexity index is 537. The van der Waals surface area contributed by atoms with Gasteiger partial charge in [-0.1, -0.05) is 0 Å². The van der Waals surface area contributed by atoms with Crippen LogP contribution < -0.4 is 14.8 Å². The summed E-state index contributed by atoms with van der Waals surface area (Å²) in [6.07, 6.45) is 0.695. The predicted molar refractivity (Wildman–Crippen MR) is 76.7 cm³/mol. The molecule has 0 amide bonds. The fourth-order valence-electron chi connectivity index (χ4n) is 1.55. The number of anilines is 1. The van der Waals surface area contributed by atoms with Gasteiger partial charge in [0.2, 0.25) is 0 Å². The van der Waals surface area contributed by atoms with E-state index in [4.69, 9.17) is 4.74 Å². The van der Waals surface area contributed by atoms with Crippen molar-refractivity contribution in [3.63, 3.8) is 0 Å². The zero-order chi connectivity index (χ0) is 15.2. The largest absolute Gasteiger partial charge is 0.494 e. The van der Waals surface area contributed by atoms with Crippen molar-refractivity contribution in [1.82, 2.24) is 9.62 Å². The average molecular weight is 305 g/mol. The number of hydrogen-bond donors (Lipinski definition) is 2. The van der Waals surface area contributed by atoms with E-state index in [2.05, 4.69) is 10.0 Å². The van der Waals surface area contributed by atoms with Crippen LogP contribution >= 0.6 is 0 Å². The van der Waals surface area contributed by atoms with E-state index >= 15 is 0 Å². The molecule has 0 aliphatic carbocycles. The first-order valence-corrected chi connectivity index (χ1v) is 7.57. The van der Waals surface area contributed by atoms with Crippen LogP contribution in [-0.2, 0) is 10.2 Å². The van der Waals surface area contributed by atoms with Crippen LogP contribution in [0.1, 0.15) is 6.42 Å². The first-order valence-electron chi connectivity index (χ1n) is 6.13. The molecule has 0 atom stereocenters. The van der Waals surface area contributed by atoms with E-state index in [1.165, 1.54) is 30.6 Å². The number of rotatable bonds is 8. The molecule has 2 N–H and O–H groups in total. The minimum Gasteiger partial charge on any atom is -0.494 e. The van der Waals surface area contributed by atoms with Gasteiger partial charge < -0.3 is 10.1 Å². The molecule has 0 aliphatic rings. The molecule has 8 heteroatoms. The number of hydrogen-bond acceptors (Lipinski definition) is 4. The van der Waals surface area contributed by atoms with Crippen molar-refractivity contribution in [2.75, 3.05) is 39.0 Å². The summed E-state index contributed by atoms with van der Waals surface area (Å²) in [5, 5.41) is 2.95. The zero-order valence-electron chi connectivity index (χ0n) is 11.8. The summed E-state index contributed by atoms with van der Waals surface area (Å²) in [5.74, 6) is -0.555. The Hall–Kier alpha value is -1.38. The molecule has 0 aromatic heterocycles. The maximum Gasteiger partial charge on any atom is 0.301 e. The van der Waals surface area contributed by atoms with Crippen LogP contribution in [0.3, 0.4) is 0 Å². The van der Waals surface area contributed by atoms with Crippen LogP contribution in [0.2, 0.25) is 0 Å². The normalized spacial score (nSPS) is 11.7. The number of nitrogens with one attached hydrogen (secondary N) is 2. The molecule has 0 unspecified atom stereocenters. The molecule has 0 bridgehead atoms. The number of benzene rings is 1. The molecule has 0 fully saturated rings. The Morgan fingerprint density at radius 1 is 1.40 bits per heavy atom. The molecule has 0 heterocycles. The lowest BCUT2D eigenvalue weighted by atomic mass is 10.3. The quantitative estimate of drug-likeness (QED) is 0.704. The van der Waals surface area contributed by atoms with Crippen molar-refractivity contribution >= 4 is 15.9 Å². The van der Waals surface area contributed by atoms with Gasteiger partial charge in [0, 0.05) is 19.7 Å². The van der Waals surface area contributed by atoms with Crippen molar-refractivity contribution in [2.24, 2.45) is 0 Å². The lowest BCUT2D eigenvalue weighted by Gasteiger charge is -2.18. The summed E-state index contributed by atoms with van der Waals surface area (Å²) in [5.41, 5.74) is 0.253. The molecule has 0 radical (unpaired) electrons. The Morgan fingerprint density at radius 2 is 2.10 bits per heavy atom. The number of nitrogens with zero attached hydrogens (tertiary/aromatic N) is 1. The van der Waals surface area contributed by atoms with Crippen molar-refractivity contribution in [1.29, 1.82) is 0 Å². The van der Waals surface area contributed by atoms with Crippen molar-refractivity contribution < 1.29 is 17.5 Å². The first-order chi connectivity index (χ1) is 9.40. The highest BCUT2D eigenvalue weighted by molar-refractivity contribution is 7.90. The molecule has 0 saturated heterocycles. The van der Waals surface area contributed by atoms with Crippen LogP contribution in [0.4, 0.5) is 10.1 Å². The topological polar surface area (TPSA) is 70.7 Å². The summed E-state index contributed by atoms with van der Waals surface area (Å²) in [6, 6.07) is 3.79. The molecule has 6 nitrogen and oxygen atoms in total. The minimum atomic E-state index is -3.65.